The fraction of sp³-hybridized carbons (Fsp3) is 0.333. The number of aromatic nitrogens is 3. The summed E-state index contributed by atoms with van der Waals surface area (Å²) in [4.78, 5) is 30.5. The van der Waals surface area contributed by atoms with Crippen molar-refractivity contribution in [1.82, 2.24) is 19.5 Å². The van der Waals surface area contributed by atoms with Crippen LogP contribution in [0, 0.1) is 5.92 Å². The Bertz CT molecular complexity index is 1290. The average Bonchev–Trinajstić information content (AvgIpc) is 3.44. The second-order valence-electron chi connectivity index (χ2n) is 8.27. The summed E-state index contributed by atoms with van der Waals surface area (Å²) in [5, 5.41) is 3.95. The maximum atomic E-state index is 14.0. The zero-order valence-electron chi connectivity index (χ0n) is 17.0. The normalized spacial score (nSPS) is 17.1. The first-order chi connectivity index (χ1) is 15.1. The lowest BCUT2D eigenvalue weighted by molar-refractivity contribution is -0.137. The van der Waals surface area contributed by atoms with Crippen molar-refractivity contribution in [2.75, 3.05) is 5.73 Å². The zero-order chi connectivity index (χ0) is 22.9. The van der Waals surface area contributed by atoms with E-state index in [4.69, 9.17) is 11.5 Å². The molecule has 0 bridgehead atoms. The maximum Gasteiger partial charge on any atom is 0.417 e. The lowest BCUT2D eigenvalue weighted by atomic mass is 9.97. The molecule has 2 amide bonds. The molecule has 3 heterocycles. The number of benzene rings is 1. The van der Waals surface area contributed by atoms with Gasteiger partial charge in [-0.25, -0.2) is 9.50 Å². The SMILES string of the molecule is C[C@@H](C1CC1)N1Cc2cc(-c3ccn4nc(N)c(C(N)=O)c4n3)cc(C(F)(F)F)c2C1=O. The largest absolute Gasteiger partial charge is 0.417 e. The number of nitrogens with two attached hydrogens (primary N) is 2. The van der Waals surface area contributed by atoms with Crippen LogP contribution in [0.4, 0.5) is 19.0 Å². The predicted octanol–water partition coefficient (Wildman–Crippen LogP) is 2.85. The Morgan fingerprint density at radius 2 is 2.00 bits per heavy atom. The molecule has 166 valence electrons. The van der Waals surface area contributed by atoms with Crippen LogP contribution in [-0.2, 0) is 12.7 Å². The second kappa shape index (κ2) is 6.68. The molecule has 0 unspecified atom stereocenters. The number of nitrogen functional groups attached to an aromatic ring is 1. The zero-order valence-corrected chi connectivity index (χ0v) is 17.0. The molecular formula is C21H19F3N6O2. The third-order valence-electron chi connectivity index (χ3n) is 6.19. The van der Waals surface area contributed by atoms with Gasteiger partial charge in [0, 0.05) is 24.3 Å². The van der Waals surface area contributed by atoms with Crippen molar-refractivity contribution in [3.8, 4) is 11.3 Å². The van der Waals surface area contributed by atoms with Crippen LogP contribution in [0.15, 0.2) is 24.4 Å². The van der Waals surface area contributed by atoms with E-state index in [2.05, 4.69) is 10.1 Å². The summed E-state index contributed by atoms with van der Waals surface area (Å²) < 4.78 is 43.1. The summed E-state index contributed by atoms with van der Waals surface area (Å²) in [7, 11) is 0. The number of anilines is 1. The molecule has 1 fully saturated rings. The molecule has 5 rings (SSSR count). The van der Waals surface area contributed by atoms with Crippen molar-refractivity contribution in [3.05, 3.63) is 46.6 Å². The number of rotatable bonds is 4. The lowest BCUT2D eigenvalue weighted by Gasteiger charge is -2.24. The van der Waals surface area contributed by atoms with Crippen molar-refractivity contribution in [2.45, 2.75) is 38.5 Å². The summed E-state index contributed by atoms with van der Waals surface area (Å²) in [5.74, 6) is -1.24. The third kappa shape index (κ3) is 3.07. The van der Waals surface area contributed by atoms with Gasteiger partial charge in [0.1, 0.15) is 5.56 Å². The highest BCUT2D eigenvalue weighted by Crippen LogP contribution is 2.43. The predicted molar refractivity (Wildman–Crippen MR) is 108 cm³/mol. The molecule has 11 heteroatoms. The highest BCUT2D eigenvalue weighted by molar-refractivity contribution is 6.03. The van der Waals surface area contributed by atoms with E-state index in [1.54, 1.807) is 6.07 Å². The molecule has 32 heavy (non-hydrogen) atoms. The van der Waals surface area contributed by atoms with Crippen LogP contribution >= 0.6 is 0 Å². The Morgan fingerprint density at radius 3 is 2.62 bits per heavy atom. The minimum Gasteiger partial charge on any atom is -0.381 e. The van der Waals surface area contributed by atoms with Crippen LogP contribution in [0.2, 0.25) is 0 Å². The number of carbonyl (C=O) groups excluding carboxylic acids is 2. The van der Waals surface area contributed by atoms with E-state index < -0.39 is 23.6 Å². The topological polar surface area (TPSA) is 120 Å². The molecule has 0 radical (unpaired) electrons. The molecule has 0 spiro atoms. The quantitative estimate of drug-likeness (QED) is 0.641. The summed E-state index contributed by atoms with van der Waals surface area (Å²) in [6.45, 7) is 1.98. The fourth-order valence-corrected chi connectivity index (χ4v) is 4.36. The third-order valence-corrected chi connectivity index (χ3v) is 6.19. The number of nitrogens with zero attached hydrogens (tertiary/aromatic N) is 4. The van der Waals surface area contributed by atoms with Crippen LogP contribution in [0.25, 0.3) is 16.9 Å². The molecule has 8 nitrogen and oxygen atoms in total. The molecule has 2 aromatic heterocycles. The molecule has 0 saturated heterocycles. The number of hydrogen-bond acceptors (Lipinski definition) is 5. The van der Waals surface area contributed by atoms with Gasteiger partial charge in [-0.05, 0) is 49.4 Å². The molecule has 3 aromatic rings. The molecular weight excluding hydrogens is 425 g/mol. The van der Waals surface area contributed by atoms with Crippen LogP contribution in [-0.4, -0.2) is 37.4 Å². The smallest absolute Gasteiger partial charge is 0.381 e. The summed E-state index contributed by atoms with van der Waals surface area (Å²) in [6.07, 6.45) is -1.34. The standard InChI is InChI=1S/C21H19F3N6O2/c1-9(10-2-3-10)29-8-12-6-11(7-13(21(22,23)24)15(12)20(29)32)14-4-5-30-19(27-14)16(18(26)31)17(25)28-30/h4-7,9-10H,2-3,8H2,1H3,(H2,25,28)(H2,26,31)/t9-/m0/s1. The van der Waals surface area contributed by atoms with Crippen LogP contribution in [0.3, 0.4) is 0 Å². The van der Waals surface area contributed by atoms with E-state index in [0.29, 0.717) is 11.5 Å². The average molecular weight is 444 g/mol. The van der Waals surface area contributed by atoms with Gasteiger partial charge >= 0.3 is 6.18 Å². The van der Waals surface area contributed by atoms with Gasteiger partial charge in [-0.15, -0.1) is 5.10 Å². The first-order valence-electron chi connectivity index (χ1n) is 10.1. The first-order valence-corrected chi connectivity index (χ1v) is 10.1. The highest BCUT2D eigenvalue weighted by atomic mass is 19.4. The molecule has 4 N–H and O–H groups in total. The van der Waals surface area contributed by atoms with E-state index in [1.165, 1.54) is 21.7 Å². The van der Waals surface area contributed by atoms with Gasteiger partial charge in [0.2, 0.25) is 0 Å². The van der Waals surface area contributed by atoms with Crippen molar-refractivity contribution in [3.63, 3.8) is 0 Å². The lowest BCUT2D eigenvalue weighted by Crippen LogP contribution is -2.35. The van der Waals surface area contributed by atoms with Gasteiger partial charge in [0.25, 0.3) is 11.8 Å². The van der Waals surface area contributed by atoms with Crippen molar-refractivity contribution in [1.29, 1.82) is 0 Å². The van der Waals surface area contributed by atoms with E-state index in [9.17, 15) is 22.8 Å². The Kier molecular flexibility index (Phi) is 4.24. The first kappa shape index (κ1) is 20.3. The number of hydrogen-bond donors (Lipinski definition) is 2. The Balaban J connectivity index is 1.66. The molecule has 1 saturated carbocycles. The van der Waals surface area contributed by atoms with Crippen molar-refractivity contribution < 1.29 is 22.8 Å². The van der Waals surface area contributed by atoms with Crippen LogP contribution < -0.4 is 11.5 Å². The monoisotopic (exact) mass is 444 g/mol. The van der Waals surface area contributed by atoms with Crippen LogP contribution in [0.5, 0.6) is 0 Å². The summed E-state index contributed by atoms with van der Waals surface area (Å²) in [6, 6.07) is 3.81. The van der Waals surface area contributed by atoms with Crippen molar-refractivity contribution >= 4 is 23.3 Å². The van der Waals surface area contributed by atoms with Gasteiger partial charge in [0.15, 0.2) is 11.5 Å². The number of carbonyl (C=O) groups is 2. The number of amides is 2. The molecule has 1 aliphatic heterocycles. The van der Waals surface area contributed by atoms with Crippen molar-refractivity contribution in [2.24, 2.45) is 11.7 Å². The van der Waals surface area contributed by atoms with E-state index in [1.807, 2.05) is 6.92 Å². The Hall–Kier alpha value is -3.63. The fourth-order valence-electron chi connectivity index (χ4n) is 4.36. The molecule has 1 atom stereocenters. The van der Waals surface area contributed by atoms with Gasteiger partial charge in [0.05, 0.1) is 16.8 Å². The minimum absolute atomic E-state index is 0.0432. The number of primary amides is 1. The summed E-state index contributed by atoms with van der Waals surface area (Å²) in [5.41, 5.74) is 10.4. The molecule has 1 aliphatic carbocycles. The minimum atomic E-state index is -4.72. The van der Waals surface area contributed by atoms with E-state index in [-0.39, 0.29) is 46.4 Å². The van der Waals surface area contributed by atoms with Gasteiger partial charge in [-0.1, -0.05) is 0 Å². The van der Waals surface area contributed by atoms with E-state index >= 15 is 0 Å². The Morgan fingerprint density at radius 1 is 1.28 bits per heavy atom. The molecule has 2 aliphatic rings. The molecule has 1 aromatic carbocycles. The summed E-state index contributed by atoms with van der Waals surface area (Å²) >= 11 is 0. The second-order valence-corrected chi connectivity index (χ2v) is 8.27. The van der Waals surface area contributed by atoms with Crippen LogP contribution in [0.1, 0.15) is 51.6 Å². The van der Waals surface area contributed by atoms with Gasteiger partial charge < -0.3 is 16.4 Å². The highest BCUT2D eigenvalue weighted by Gasteiger charge is 2.44. The number of halogens is 3. The number of alkyl halides is 3. The van der Waals surface area contributed by atoms with E-state index in [0.717, 1.165) is 18.9 Å². The number of fused-ring (bicyclic) bond motifs is 2. The Labute approximate surface area is 180 Å². The van der Waals surface area contributed by atoms with Gasteiger partial charge in [-0.3, -0.25) is 9.59 Å². The maximum absolute atomic E-state index is 14.0. The van der Waals surface area contributed by atoms with Gasteiger partial charge in [-0.2, -0.15) is 13.2 Å².